The van der Waals surface area contributed by atoms with Gasteiger partial charge in [-0.1, -0.05) is 6.42 Å². The van der Waals surface area contributed by atoms with E-state index in [1.165, 1.54) is 0 Å². The average molecular weight is 546 g/mol. The Morgan fingerprint density at radius 2 is 1.32 bits per heavy atom. The third-order valence-corrected chi connectivity index (χ3v) is 5.19. The van der Waals surface area contributed by atoms with Crippen LogP contribution in [-0.4, -0.2) is 89.0 Å². The SMILES string of the molecule is NCCCCC(N)C(=O)NC(CC(=O)O)C(=O)NC(CCC(N)=O)C(=O)NC(CCCN=C(N)N)C(=O)O. The largest absolute Gasteiger partial charge is 0.481 e. The molecule has 0 rings (SSSR count). The Morgan fingerprint density at radius 1 is 0.737 bits per heavy atom. The van der Waals surface area contributed by atoms with Crippen LogP contribution in [0.4, 0.5) is 0 Å². The number of carbonyl (C=O) groups excluding carboxylic acids is 4. The molecule has 0 aromatic rings. The lowest BCUT2D eigenvalue weighted by molar-refractivity contribution is -0.143. The van der Waals surface area contributed by atoms with Crippen LogP contribution in [0, 0.1) is 0 Å². The molecule has 4 atom stereocenters. The Labute approximate surface area is 219 Å². The Hall–Kier alpha value is -3.99. The van der Waals surface area contributed by atoms with Crippen LogP contribution >= 0.6 is 0 Å². The molecule has 216 valence electrons. The minimum atomic E-state index is -1.61. The van der Waals surface area contributed by atoms with Crippen LogP contribution in [0.3, 0.4) is 0 Å². The highest BCUT2D eigenvalue weighted by Crippen LogP contribution is 2.05. The maximum absolute atomic E-state index is 12.9. The maximum atomic E-state index is 12.9. The van der Waals surface area contributed by atoms with Crippen LogP contribution < -0.4 is 44.6 Å². The van der Waals surface area contributed by atoms with Crippen molar-refractivity contribution < 1.29 is 39.0 Å². The van der Waals surface area contributed by atoms with Crippen LogP contribution in [-0.2, 0) is 28.8 Å². The Morgan fingerprint density at radius 3 is 1.84 bits per heavy atom. The van der Waals surface area contributed by atoms with Crippen molar-refractivity contribution in [3.05, 3.63) is 0 Å². The van der Waals surface area contributed by atoms with E-state index in [0.29, 0.717) is 19.4 Å². The van der Waals surface area contributed by atoms with E-state index in [9.17, 15) is 39.0 Å². The van der Waals surface area contributed by atoms with Gasteiger partial charge < -0.3 is 54.8 Å². The summed E-state index contributed by atoms with van der Waals surface area (Å²) < 4.78 is 0. The Balaban J connectivity index is 5.51. The summed E-state index contributed by atoms with van der Waals surface area (Å²) >= 11 is 0. The summed E-state index contributed by atoms with van der Waals surface area (Å²) in [4.78, 5) is 75.9. The summed E-state index contributed by atoms with van der Waals surface area (Å²) in [7, 11) is 0. The number of aliphatic imine (C=N–C) groups is 1. The number of nitrogens with zero attached hydrogens (tertiary/aromatic N) is 1. The van der Waals surface area contributed by atoms with E-state index in [1.54, 1.807) is 0 Å². The van der Waals surface area contributed by atoms with Crippen molar-refractivity contribution in [1.82, 2.24) is 16.0 Å². The van der Waals surface area contributed by atoms with Gasteiger partial charge in [-0.15, -0.1) is 0 Å². The second-order valence-electron chi connectivity index (χ2n) is 8.46. The molecule has 0 radical (unpaired) electrons. The van der Waals surface area contributed by atoms with Gasteiger partial charge in [-0.05, 0) is 38.6 Å². The zero-order chi connectivity index (χ0) is 29.3. The molecule has 0 aliphatic heterocycles. The van der Waals surface area contributed by atoms with Crippen molar-refractivity contribution >= 4 is 41.5 Å². The third-order valence-electron chi connectivity index (χ3n) is 5.19. The molecular weight excluding hydrogens is 506 g/mol. The molecule has 0 saturated carbocycles. The molecule has 38 heavy (non-hydrogen) atoms. The molecule has 0 aromatic carbocycles. The first-order valence-corrected chi connectivity index (χ1v) is 11.9. The minimum Gasteiger partial charge on any atom is -0.481 e. The van der Waals surface area contributed by atoms with E-state index in [0.717, 1.165) is 0 Å². The highest BCUT2D eigenvalue weighted by Gasteiger charge is 2.31. The van der Waals surface area contributed by atoms with Crippen LogP contribution in [0.5, 0.6) is 0 Å². The van der Waals surface area contributed by atoms with Crippen molar-refractivity contribution in [3.8, 4) is 0 Å². The molecule has 0 bridgehead atoms. The molecule has 4 unspecified atom stereocenters. The Bertz CT molecular complexity index is 864. The quantitative estimate of drug-likeness (QED) is 0.0395. The zero-order valence-electron chi connectivity index (χ0n) is 21.1. The number of hydrogen-bond acceptors (Lipinski definition) is 9. The normalized spacial score (nSPS) is 13.7. The number of guanidine groups is 1. The number of nitrogens with two attached hydrogens (primary N) is 5. The molecule has 17 heteroatoms. The summed E-state index contributed by atoms with van der Waals surface area (Å²) in [5.41, 5.74) is 26.7. The highest BCUT2D eigenvalue weighted by atomic mass is 16.4. The lowest BCUT2D eigenvalue weighted by Gasteiger charge is -2.24. The fourth-order valence-corrected chi connectivity index (χ4v) is 3.16. The second-order valence-corrected chi connectivity index (χ2v) is 8.46. The summed E-state index contributed by atoms with van der Waals surface area (Å²) in [5.74, 6) is -6.59. The number of amides is 4. The molecule has 0 saturated heterocycles. The van der Waals surface area contributed by atoms with Crippen molar-refractivity contribution in [2.75, 3.05) is 13.1 Å². The fraction of sp³-hybridized carbons (Fsp3) is 0.667. The summed E-state index contributed by atoms with van der Waals surface area (Å²) in [5, 5.41) is 25.4. The smallest absolute Gasteiger partial charge is 0.326 e. The zero-order valence-corrected chi connectivity index (χ0v) is 21.1. The van der Waals surface area contributed by atoms with E-state index in [1.807, 2.05) is 0 Å². The third kappa shape index (κ3) is 15.2. The fourth-order valence-electron chi connectivity index (χ4n) is 3.16. The van der Waals surface area contributed by atoms with Crippen LogP contribution in [0.25, 0.3) is 0 Å². The number of carbonyl (C=O) groups is 6. The molecule has 0 aliphatic carbocycles. The minimum absolute atomic E-state index is 0.0614. The topological polar surface area (TPSA) is 321 Å². The number of nitrogens with one attached hydrogen (secondary N) is 3. The van der Waals surface area contributed by atoms with Gasteiger partial charge in [-0.3, -0.25) is 29.0 Å². The molecular formula is C21H39N9O8. The molecule has 17 nitrogen and oxygen atoms in total. The van der Waals surface area contributed by atoms with Crippen molar-refractivity contribution in [1.29, 1.82) is 0 Å². The first-order chi connectivity index (χ1) is 17.8. The number of unbranched alkanes of at least 4 members (excludes halogenated alkanes) is 1. The summed E-state index contributed by atoms with van der Waals surface area (Å²) in [6, 6.07) is -5.50. The van der Waals surface area contributed by atoms with Crippen LogP contribution in [0.2, 0.25) is 0 Å². The lowest BCUT2D eigenvalue weighted by Crippen LogP contribution is -2.57. The first kappa shape index (κ1) is 34.0. The van der Waals surface area contributed by atoms with Crippen molar-refractivity contribution in [3.63, 3.8) is 0 Å². The number of aliphatic carboxylic acids is 2. The van der Waals surface area contributed by atoms with E-state index in [-0.39, 0.29) is 44.6 Å². The lowest BCUT2D eigenvalue weighted by atomic mass is 10.1. The predicted octanol–water partition coefficient (Wildman–Crippen LogP) is -4.22. The van der Waals surface area contributed by atoms with Crippen LogP contribution in [0.1, 0.15) is 51.4 Å². The van der Waals surface area contributed by atoms with E-state index in [4.69, 9.17) is 28.7 Å². The summed E-state index contributed by atoms with van der Waals surface area (Å²) in [6.07, 6.45) is 0.0187. The van der Waals surface area contributed by atoms with Gasteiger partial charge in [0.2, 0.25) is 23.6 Å². The van der Waals surface area contributed by atoms with Gasteiger partial charge in [0.15, 0.2) is 5.96 Å². The van der Waals surface area contributed by atoms with E-state index in [2.05, 4.69) is 20.9 Å². The maximum Gasteiger partial charge on any atom is 0.326 e. The average Bonchev–Trinajstić information content (AvgIpc) is 2.82. The van der Waals surface area contributed by atoms with Gasteiger partial charge in [0.25, 0.3) is 0 Å². The van der Waals surface area contributed by atoms with Gasteiger partial charge in [-0.25, -0.2) is 4.79 Å². The highest BCUT2D eigenvalue weighted by molar-refractivity contribution is 5.95. The van der Waals surface area contributed by atoms with Crippen molar-refractivity contribution in [2.45, 2.75) is 75.5 Å². The Kier molecular flexibility index (Phi) is 16.4. The van der Waals surface area contributed by atoms with E-state index >= 15 is 0 Å². The van der Waals surface area contributed by atoms with Gasteiger partial charge in [-0.2, -0.15) is 0 Å². The molecule has 0 heterocycles. The van der Waals surface area contributed by atoms with Gasteiger partial charge in [0, 0.05) is 13.0 Å². The molecule has 0 fully saturated rings. The first-order valence-electron chi connectivity index (χ1n) is 11.9. The number of carboxylic acids is 2. The standard InChI is InChI=1S/C21H39N9O8/c22-8-2-1-4-11(23)17(34)30-14(10-16(32)33)19(36)28-12(6-7-15(24)31)18(35)29-13(20(37)38)5-3-9-27-21(25)26/h11-14H,1-10,22-23H2,(H2,24,31)(H,28,36)(H,29,35)(H,30,34)(H,32,33)(H,37,38)(H4,25,26,27). The predicted molar refractivity (Wildman–Crippen MR) is 135 cm³/mol. The number of hydrogen-bond donors (Lipinski definition) is 10. The van der Waals surface area contributed by atoms with Crippen molar-refractivity contribution in [2.24, 2.45) is 33.7 Å². The van der Waals surface area contributed by atoms with E-state index < -0.39 is 66.2 Å². The second kappa shape index (κ2) is 18.3. The van der Waals surface area contributed by atoms with Crippen LogP contribution in [0.15, 0.2) is 4.99 Å². The number of primary amides is 1. The molecule has 15 N–H and O–H groups in total. The molecule has 0 aromatic heterocycles. The summed E-state index contributed by atoms with van der Waals surface area (Å²) in [6.45, 7) is 0.501. The van der Waals surface area contributed by atoms with Gasteiger partial charge in [0.1, 0.15) is 18.1 Å². The van der Waals surface area contributed by atoms with Gasteiger partial charge in [0.05, 0.1) is 12.5 Å². The van der Waals surface area contributed by atoms with Gasteiger partial charge >= 0.3 is 11.9 Å². The molecule has 4 amide bonds. The number of rotatable bonds is 20. The monoisotopic (exact) mass is 545 g/mol. The molecule has 0 spiro atoms. The number of carboxylic acid groups (broad SMARTS) is 2. The molecule has 0 aliphatic rings.